The van der Waals surface area contributed by atoms with E-state index in [4.69, 9.17) is 0 Å². The first-order valence-electron chi connectivity index (χ1n) is 12.6. The number of anilines is 2. The zero-order chi connectivity index (χ0) is 26.1. The van der Waals surface area contributed by atoms with Crippen LogP contribution in [0.2, 0.25) is 0 Å². The second-order valence-electron chi connectivity index (χ2n) is 9.30. The molecule has 5 nitrogen and oxygen atoms in total. The molecule has 37 heavy (non-hydrogen) atoms. The number of amides is 1. The van der Waals surface area contributed by atoms with Crippen LogP contribution in [-0.4, -0.2) is 29.9 Å². The number of aliphatic hydroxyl groups excluding tert-OH is 1. The van der Waals surface area contributed by atoms with Gasteiger partial charge in [-0.1, -0.05) is 72.3 Å². The van der Waals surface area contributed by atoms with Gasteiger partial charge in [0.05, 0.1) is 11.6 Å². The van der Waals surface area contributed by atoms with Crippen molar-refractivity contribution in [1.82, 2.24) is 0 Å². The van der Waals surface area contributed by atoms with E-state index in [2.05, 4.69) is 18.7 Å². The van der Waals surface area contributed by atoms with E-state index < -0.39 is 17.7 Å². The monoisotopic (exact) mass is 490 g/mol. The molecule has 1 fully saturated rings. The highest BCUT2D eigenvalue weighted by molar-refractivity contribution is 6.51. The Balaban J connectivity index is 1.72. The van der Waals surface area contributed by atoms with E-state index in [1.807, 2.05) is 91.9 Å². The average Bonchev–Trinajstić information content (AvgIpc) is 3.19. The molecule has 5 heteroatoms. The smallest absolute Gasteiger partial charge is 0.300 e. The summed E-state index contributed by atoms with van der Waals surface area (Å²) in [6.45, 7) is 7.93. The van der Waals surface area contributed by atoms with E-state index in [1.54, 1.807) is 6.07 Å². The van der Waals surface area contributed by atoms with Crippen LogP contribution < -0.4 is 9.80 Å². The summed E-state index contributed by atoms with van der Waals surface area (Å²) in [6, 6.07) is 28.0. The van der Waals surface area contributed by atoms with E-state index in [-0.39, 0.29) is 11.3 Å². The molecular formula is C32H30N2O3. The zero-order valence-corrected chi connectivity index (χ0v) is 21.3. The van der Waals surface area contributed by atoms with E-state index >= 15 is 0 Å². The van der Waals surface area contributed by atoms with Crippen LogP contribution in [0.15, 0.2) is 96.6 Å². The van der Waals surface area contributed by atoms with Crippen LogP contribution in [0.1, 0.15) is 36.6 Å². The summed E-state index contributed by atoms with van der Waals surface area (Å²) in [4.78, 5) is 30.8. The summed E-state index contributed by atoms with van der Waals surface area (Å²) in [7, 11) is 0. The van der Waals surface area contributed by atoms with Gasteiger partial charge in [0.15, 0.2) is 0 Å². The van der Waals surface area contributed by atoms with Gasteiger partial charge in [-0.3, -0.25) is 14.5 Å². The van der Waals surface area contributed by atoms with Gasteiger partial charge < -0.3 is 10.0 Å². The highest BCUT2D eigenvalue weighted by atomic mass is 16.3. The van der Waals surface area contributed by atoms with Crippen molar-refractivity contribution in [3.63, 3.8) is 0 Å². The summed E-state index contributed by atoms with van der Waals surface area (Å²) in [6.07, 6.45) is 0. The highest BCUT2D eigenvalue weighted by Crippen LogP contribution is 2.43. The number of hydrogen-bond donors (Lipinski definition) is 1. The third-order valence-electron chi connectivity index (χ3n) is 7.14. The van der Waals surface area contributed by atoms with Crippen molar-refractivity contribution < 1.29 is 14.7 Å². The van der Waals surface area contributed by atoms with E-state index in [0.29, 0.717) is 11.3 Å². The second kappa shape index (κ2) is 9.94. The van der Waals surface area contributed by atoms with Crippen LogP contribution in [-0.2, 0) is 9.59 Å². The molecule has 0 aromatic heterocycles. The van der Waals surface area contributed by atoms with Crippen molar-refractivity contribution in [2.75, 3.05) is 22.9 Å². The fraction of sp³-hybridized carbons (Fsp3) is 0.188. The third-order valence-corrected chi connectivity index (χ3v) is 7.14. The van der Waals surface area contributed by atoms with Gasteiger partial charge >= 0.3 is 0 Å². The van der Waals surface area contributed by atoms with E-state index in [1.165, 1.54) is 4.90 Å². The normalized spacial score (nSPS) is 16.9. The minimum Gasteiger partial charge on any atom is -0.507 e. The predicted molar refractivity (Wildman–Crippen MR) is 150 cm³/mol. The molecule has 186 valence electrons. The Hall–Kier alpha value is -4.38. The Morgan fingerprint density at radius 3 is 2.16 bits per heavy atom. The molecule has 1 unspecified atom stereocenters. The average molecular weight is 491 g/mol. The molecule has 1 heterocycles. The standard InChI is InChI=1S/C32H30N2O3/c1-4-33(5-2)24-19-15-23(16-20-24)29-28(30(35)27-12-8-10-22-9-6-7-11-26(22)27)31(36)32(37)34(29)25-17-13-21(3)14-18-25/h6-20,29,35H,4-5H2,1-3H3/b30-28-. The number of aryl methyl sites for hydroxylation is 1. The van der Waals surface area contributed by atoms with Crippen molar-refractivity contribution in [2.24, 2.45) is 0 Å². The Bertz CT molecular complexity index is 1490. The van der Waals surface area contributed by atoms with Crippen LogP contribution in [0.3, 0.4) is 0 Å². The number of carbonyl (C=O) groups is 2. The number of carbonyl (C=O) groups excluding carboxylic acids is 2. The molecular weight excluding hydrogens is 460 g/mol. The van der Waals surface area contributed by atoms with E-state index in [0.717, 1.165) is 40.7 Å². The molecule has 4 aromatic rings. The number of aliphatic hydroxyl groups is 1. The Labute approximate surface area is 217 Å². The topological polar surface area (TPSA) is 60.9 Å². The van der Waals surface area contributed by atoms with Crippen LogP contribution in [0, 0.1) is 6.92 Å². The van der Waals surface area contributed by atoms with Crippen molar-refractivity contribution in [2.45, 2.75) is 26.8 Å². The van der Waals surface area contributed by atoms with Gasteiger partial charge in [-0.15, -0.1) is 0 Å². The summed E-state index contributed by atoms with van der Waals surface area (Å²) in [5, 5.41) is 13.4. The number of nitrogens with zero attached hydrogens (tertiary/aromatic N) is 2. The fourth-order valence-electron chi connectivity index (χ4n) is 5.15. The molecule has 0 spiro atoms. The molecule has 0 bridgehead atoms. The minimum atomic E-state index is -0.757. The van der Waals surface area contributed by atoms with Gasteiger partial charge in [-0.05, 0) is 61.4 Å². The lowest BCUT2D eigenvalue weighted by molar-refractivity contribution is -0.132. The molecule has 1 atom stereocenters. The van der Waals surface area contributed by atoms with Gasteiger partial charge in [-0.2, -0.15) is 0 Å². The number of benzene rings is 4. The number of Topliss-reactive ketones (excluding diaryl/α,β-unsaturated/α-hetero) is 1. The molecule has 1 aliphatic rings. The molecule has 1 N–H and O–H groups in total. The summed E-state index contributed by atoms with van der Waals surface area (Å²) < 4.78 is 0. The van der Waals surface area contributed by atoms with Crippen molar-refractivity contribution in [3.05, 3.63) is 113 Å². The Morgan fingerprint density at radius 1 is 0.838 bits per heavy atom. The number of rotatable bonds is 6. The largest absolute Gasteiger partial charge is 0.507 e. The molecule has 5 rings (SSSR count). The first kappa shape index (κ1) is 24.3. The lowest BCUT2D eigenvalue weighted by Gasteiger charge is -2.27. The Kier molecular flexibility index (Phi) is 6.53. The van der Waals surface area contributed by atoms with Crippen LogP contribution in [0.4, 0.5) is 11.4 Å². The molecule has 1 saturated heterocycles. The van der Waals surface area contributed by atoms with Crippen molar-refractivity contribution >= 4 is 39.6 Å². The summed E-state index contributed by atoms with van der Waals surface area (Å²) in [5.74, 6) is -1.50. The van der Waals surface area contributed by atoms with Gasteiger partial charge in [0, 0.05) is 30.0 Å². The van der Waals surface area contributed by atoms with E-state index in [9.17, 15) is 14.7 Å². The fourth-order valence-corrected chi connectivity index (χ4v) is 5.15. The zero-order valence-electron chi connectivity index (χ0n) is 21.3. The maximum Gasteiger partial charge on any atom is 0.300 e. The van der Waals surface area contributed by atoms with Gasteiger partial charge in [0.2, 0.25) is 0 Å². The van der Waals surface area contributed by atoms with Crippen LogP contribution >= 0.6 is 0 Å². The summed E-state index contributed by atoms with van der Waals surface area (Å²) in [5.41, 5.74) is 4.12. The van der Waals surface area contributed by atoms with Gasteiger partial charge in [0.1, 0.15) is 5.76 Å². The number of hydrogen-bond acceptors (Lipinski definition) is 4. The Morgan fingerprint density at radius 2 is 1.49 bits per heavy atom. The molecule has 0 saturated carbocycles. The second-order valence-corrected chi connectivity index (χ2v) is 9.30. The minimum absolute atomic E-state index is 0.0949. The summed E-state index contributed by atoms with van der Waals surface area (Å²) >= 11 is 0. The molecule has 0 radical (unpaired) electrons. The molecule has 1 amide bonds. The van der Waals surface area contributed by atoms with Crippen molar-refractivity contribution in [3.8, 4) is 0 Å². The number of fused-ring (bicyclic) bond motifs is 1. The maximum atomic E-state index is 13.5. The lowest BCUT2D eigenvalue weighted by Crippen LogP contribution is -2.29. The number of ketones is 1. The SMILES string of the molecule is CCN(CC)c1ccc(C2/C(=C(/O)c3cccc4ccccc34)C(=O)C(=O)N2c2ccc(C)cc2)cc1. The maximum absolute atomic E-state index is 13.5. The molecule has 4 aromatic carbocycles. The molecule has 1 aliphatic heterocycles. The predicted octanol–water partition coefficient (Wildman–Crippen LogP) is 6.62. The highest BCUT2D eigenvalue weighted by Gasteiger charge is 2.47. The third kappa shape index (κ3) is 4.27. The van der Waals surface area contributed by atoms with Gasteiger partial charge in [0.25, 0.3) is 11.7 Å². The first-order chi connectivity index (χ1) is 17.9. The van der Waals surface area contributed by atoms with Gasteiger partial charge in [-0.25, -0.2) is 0 Å². The quantitative estimate of drug-likeness (QED) is 0.187. The first-order valence-corrected chi connectivity index (χ1v) is 12.6. The van der Waals surface area contributed by atoms with Crippen molar-refractivity contribution in [1.29, 1.82) is 0 Å². The molecule has 0 aliphatic carbocycles. The van der Waals surface area contributed by atoms with Crippen LogP contribution in [0.5, 0.6) is 0 Å². The lowest BCUT2D eigenvalue weighted by atomic mass is 9.93. The van der Waals surface area contributed by atoms with Crippen LogP contribution in [0.25, 0.3) is 16.5 Å².